The molecule has 25 heavy (non-hydrogen) atoms. The zero-order chi connectivity index (χ0) is 18.1. The number of carbonyl (C=O) groups excluding carboxylic acids is 1. The third-order valence-electron chi connectivity index (χ3n) is 3.80. The number of nitrogens with zero attached hydrogens (tertiary/aromatic N) is 5. The highest BCUT2D eigenvalue weighted by atomic mass is 16.1. The Balaban J connectivity index is 1.86. The Morgan fingerprint density at radius 1 is 1.24 bits per heavy atom. The smallest absolute Gasteiger partial charge is 0.225 e. The molecule has 0 aromatic carbocycles. The Hall–Kier alpha value is -2.38. The topological polar surface area (TPSA) is 85.8 Å². The molecule has 1 saturated heterocycles. The van der Waals surface area contributed by atoms with Gasteiger partial charge in [-0.15, -0.1) is 0 Å². The maximum Gasteiger partial charge on any atom is 0.225 e. The molecule has 0 unspecified atom stereocenters. The molecule has 1 aromatic heterocycles. The zero-order valence-corrected chi connectivity index (χ0v) is 15.4. The van der Waals surface area contributed by atoms with E-state index in [1.165, 1.54) is 0 Å². The summed E-state index contributed by atoms with van der Waals surface area (Å²) in [7, 11) is 0. The van der Waals surface area contributed by atoms with Gasteiger partial charge in [-0.3, -0.25) is 9.79 Å². The van der Waals surface area contributed by atoms with Gasteiger partial charge < -0.3 is 20.4 Å². The van der Waals surface area contributed by atoms with Crippen LogP contribution in [0.3, 0.4) is 0 Å². The molecule has 0 radical (unpaired) electrons. The summed E-state index contributed by atoms with van der Waals surface area (Å²) in [5.41, 5.74) is 0. The molecule has 2 N–H and O–H groups in total. The van der Waals surface area contributed by atoms with Crippen molar-refractivity contribution in [2.75, 3.05) is 44.2 Å². The number of nitrogens with one attached hydrogen (secondary N) is 2. The van der Waals surface area contributed by atoms with Crippen LogP contribution in [0.4, 0.5) is 5.95 Å². The average Bonchev–Trinajstić information content (AvgIpc) is 2.61. The van der Waals surface area contributed by atoms with E-state index in [2.05, 4.69) is 42.3 Å². The number of aliphatic imine (C=N–C) groups is 1. The van der Waals surface area contributed by atoms with Gasteiger partial charge >= 0.3 is 0 Å². The highest BCUT2D eigenvalue weighted by Gasteiger charge is 2.21. The van der Waals surface area contributed by atoms with Crippen molar-refractivity contribution in [2.24, 2.45) is 4.99 Å². The zero-order valence-electron chi connectivity index (χ0n) is 15.4. The highest BCUT2D eigenvalue weighted by Crippen LogP contribution is 2.09. The van der Waals surface area contributed by atoms with Gasteiger partial charge in [0.05, 0.1) is 6.54 Å². The molecule has 2 heterocycles. The molecule has 0 bridgehead atoms. The number of guanidine groups is 1. The van der Waals surface area contributed by atoms with E-state index in [1.807, 2.05) is 19.9 Å². The second kappa shape index (κ2) is 9.80. The number of aromatic nitrogens is 2. The van der Waals surface area contributed by atoms with Crippen LogP contribution in [-0.2, 0) is 4.79 Å². The first-order valence-electron chi connectivity index (χ1n) is 8.94. The van der Waals surface area contributed by atoms with Gasteiger partial charge in [-0.1, -0.05) is 0 Å². The number of anilines is 1. The minimum Gasteiger partial charge on any atom is -0.357 e. The molecule has 2 rings (SSSR count). The van der Waals surface area contributed by atoms with Crippen molar-refractivity contribution in [1.29, 1.82) is 0 Å². The second-order valence-corrected chi connectivity index (χ2v) is 6.23. The third-order valence-corrected chi connectivity index (χ3v) is 3.80. The normalized spacial score (nSPS) is 15.4. The average molecular weight is 347 g/mol. The van der Waals surface area contributed by atoms with E-state index in [4.69, 9.17) is 0 Å². The minimum atomic E-state index is 0.0423. The molecule has 1 fully saturated rings. The summed E-state index contributed by atoms with van der Waals surface area (Å²) in [6, 6.07) is 1.99. The number of rotatable bonds is 6. The predicted molar refractivity (Wildman–Crippen MR) is 99.7 cm³/mol. The van der Waals surface area contributed by atoms with E-state index in [1.54, 1.807) is 12.4 Å². The molecule has 1 aliphatic rings. The molecular formula is C17H29N7O. The van der Waals surface area contributed by atoms with Gasteiger partial charge in [0.1, 0.15) is 0 Å². The number of amides is 1. The van der Waals surface area contributed by atoms with Crippen molar-refractivity contribution in [3.05, 3.63) is 18.5 Å². The molecule has 0 aliphatic carbocycles. The summed E-state index contributed by atoms with van der Waals surface area (Å²) in [6.45, 7) is 10.7. The molecule has 138 valence electrons. The van der Waals surface area contributed by atoms with Gasteiger partial charge in [0, 0.05) is 57.6 Å². The molecule has 8 nitrogen and oxygen atoms in total. The lowest BCUT2D eigenvalue weighted by Crippen LogP contribution is -2.53. The van der Waals surface area contributed by atoms with Gasteiger partial charge in [-0.2, -0.15) is 0 Å². The quantitative estimate of drug-likeness (QED) is 0.575. The molecule has 1 aliphatic heterocycles. The Kier molecular flexibility index (Phi) is 7.43. The van der Waals surface area contributed by atoms with Crippen molar-refractivity contribution in [3.8, 4) is 0 Å². The van der Waals surface area contributed by atoms with E-state index >= 15 is 0 Å². The fourth-order valence-electron chi connectivity index (χ4n) is 2.66. The van der Waals surface area contributed by atoms with Gasteiger partial charge in [-0.05, 0) is 26.8 Å². The lowest BCUT2D eigenvalue weighted by Gasteiger charge is -2.36. The summed E-state index contributed by atoms with van der Waals surface area (Å²) in [5.74, 6) is 1.68. The van der Waals surface area contributed by atoms with E-state index < -0.39 is 0 Å². The Morgan fingerprint density at radius 3 is 2.52 bits per heavy atom. The SMILES string of the molecule is CCNC(=NCCC(=O)NC(C)C)N1CCN(c2ncccn2)CC1. The standard InChI is InChI=1S/C17H29N7O/c1-4-18-16(21-9-6-15(25)22-14(2)3)23-10-12-24(13-11-23)17-19-7-5-8-20-17/h5,7-8,14H,4,6,9-13H2,1-3H3,(H,18,21)(H,22,25). The van der Waals surface area contributed by atoms with Crippen LogP contribution < -0.4 is 15.5 Å². The maximum atomic E-state index is 11.7. The van der Waals surface area contributed by atoms with Crippen molar-refractivity contribution in [1.82, 2.24) is 25.5 Å². The van der Waals surface area contributed by atoms with Crippen LogP contribution in [0.15, 0.2) is 23.5 Å². The summed E-state index contributed by atoms with van der Waals surface area (Å²) in [5, 5.41) is 6.21. The Labute approximate surface area is 149 Å². The first-order chi connectivity index (χ1) is 12.1. The maximum absolute atomic E-state index is 11.7. The van der Waals surface area contributed by atoms with Crippen molar-refractivity contribution < 1.29 is 4.79 Å². The van der Waals surface area contributed by atoms with Crippen LogP contribution in [0.1, 0.15) is 27.2 Å². The molecule has 1 aromatic rings. The molecule has 1 amide bonds. The van der Waals surface area contributed by atoms with Crippen LogP contribution in [0, 0.1) is 0 Å². The van der Waals surface area contributed by atoms with Crippen LogP contribution in [0.2, 0.25) is 0 Å². The highest BCUT2D eigenvalue weighted by molar-refractivity contribution is 5.81. The Morgan fingerprint density at radius 2 is 1.92 bits per heavy atom. The number of hydrogen-bond donors (Lipinski definition) is 2. The van der Waals surface area contributed by atoms with Gasteiger partial charge in [0.15, 0.2) is 5.96 Å². The molecule has 0 spiro atoms. The van der Waals surface area contributed by atoms with Gasteiger partial charge in [0.25, 0.3) is 0 Å². The molecule has 8 heteroatoms. The first-order valence-corrected chi connectivity index (χ1v) is 8.94. The third kappa shape index (κ3) is 6.21. The summed E-state index contributed by atoms with van der Waals surface area (Å²) in [6.07, 6.45) is 3.94. The van der Waals surface area contributed by atoms with E-state index in [-0.39, 0.29) is 11.9 Å². The molecule has 0 saturated carbocycles. The lowest BCUT2D eigenvalue weighted by atomic mass is 10.3. The van der Waals surface area contributed by atoms with E-state index in [0.29, 0.717) is 13.0 Å². The number of piperazine rings is 1. The van der Waals surface area contributed by atoms with E-state index in [0.717, 1.165) is 44.6 Å². The number of carbonyl (C=O) groups is 1. The number of hydrogen-bond acceptors (Lipinski definition) is 5. The first kappa shape index (κ1) is 19.0. The van der Waals surface area contributed by atoms with Crippen LogP contribution in [0.25, 0.3) is 0 Å². The summed E-state index contributed by atoms with van der Waals surface area (Å²) in [4.78, 5) is 29.4. The van der Waals surface area contributed by atoms with Crippen LogP contribution >= 0.6 is 0 Å². The second-order valence-electron chi connectivity index (χ2n) is 6.23. The van der Waals surface area contributed by atoms with Gasteiger partial charge in [0.2, 0.25) is 11.9 Å². The van der Waals surface area contributed by atoms with Crippen molar-refractivity contribution in [2.45, 2.75) is 33.2 Å². The fraction of sp³-hybridized carbons (Fsp3) is 0.647. The monoisotopic (exact) mass is 347 g/mol. The predicted octanol–water partition coefficient (Wildman–Crippen LogP) is 0.479. The van der Waals surface area contributed by atoms with Crippen LogP contribution in [-0.4, -0.2) is 72.0 Å². The Bertz CT molecular complexity index is 553. The van der Waals surface area contributed by atoms with E-state index in [9.17, 15) is 4.79 Å². The summed E-state index contributed by atoms with van der Waals surface area (Å²) < 4.78 is 0. The van der Waals surface area contributed by atoms with Crippen LogP contribution in [0.5, 0.6) is 0 Å². The fourth-order valence-corrected chi connectivity index (χ4v) is 2.66. The molecular weight excluding hydrogens is 318 g/mol. The lowest BCUT2D eigenvalue weighted by molar-refractivity contribution is -0.121. The minimum absolute atomic E-state index is 0.0423. The molecule has 0 atom stereocenters. The van der Waals surface area contributed by atoms with Crippen molar-refractivity contribution >= 4 is 17.8 Å². The van der Waals surface area contributed by atoms with Crippen molar-refractivity contribution in [3.63, 3.8) is 0 Å². The van der Waals surface area contributed by atoms with Gasteiger partial charge in [-0.25, -0.2) is 9.97 Å². The summed E-state index contributed by atoms with van der Waals surface area (Å²) >= 11 is 0. The largest absolute Gasteiger partial charge is 0.357 e.